The van der Waals surface area contributed by atoms with Crippen molar-refractivity contribution in [3.63, 3.8) is 0 Å². The summed E-state index contributed by atoms with van der Waals surface area (Å²) in [6.07, 6.45) is 5.81. The van der Waals surface area contributed by atoms with Crippen LogP contribution in [0.2, 0.25) is 0 Å². The van der Waals surface area contributed by atoms with Crippen LogP contribution in [0.25, 0.3) is 0 Å². The van der Waals surface area contributed by atoms with Crippen molar-refractivity contribution in [1.29, 1.82) is 0 Å². The molecule has 1 aromatic carbocycles. The molecule has 3 saturated carbocycles. The van der Waals surface area contributed by atoms with E-state index in [1.54, 1.807) is 0 Å². The quantitative estimate of drug-likeness (QED) is 0.888. The lowest BCUT2D eigenvalue weighted by Crippen LogP contribution is -2.55. The molecule has 3 aliphatic carbocycles. The van der Waals surface area contributed by atoms with Crippen LogP contribution in [0.5, 0.6) is 0 Å². The van der Waals surface area contributed by atoms with Crippen molar-refractivity contribution in [1.82, 2.24) is 0 Å². The summed E-state index contributed by atoms with van der Waals surface area (Å²) in [6, 6.07) is 8.22. The van der Waals surface area contributed by atoms with Gasteiger partial charge in [0.2, 0.25) is 5.91 Å². The van der Waals surface area contributed by atoms with Crippen molar-refractivity contribution < 1.29 is 4.79 Å². The fourth-order valence-corrected chi connectivity index (χ4v) is 3.79. The second-order valence-corrected chi connectivity index (χ2v) is 7.38. The molecule has 0 spiro atoms. The predicted octanol–water partition coefficient (Wildman–Crippen LogP) is 3.80. The van der Waals surface area contributed by atoms with E-state index in [4.69, 9.17) is 5.73 Å². The van der Waals surface area contributed by atoms with E-state index in [1.807, 2.05) is 12.1 Å². The van der Waals surface area contributed by atoms with E-state index in [1.165, 1.54) is 5.56 Å². The smallest absolute Gasteiger partial charge is 0.230 e. The number of nitrogens with one attached hydrogen (secondary N) is 1. The highest BCUT2D eigenvalue weighted by atomic mass is 16.2. The van der Waals surface area contributed by atoms with Crippen LogP contribution in [0.1, 0.15) is 63.9 Å². The number of fused-ring (bicyclic) bond motifs is 3. The molecule has 0 atom stereocenters. The molecule has 0 heterocycles. The van der Waals surface area contributed by atoms with Crippen LogP contribution >= 0.6 is 0 Å². The Bertz CT molecular complexity index is 525. The largest absolute Gasteiger partial charge is 0.326 e. The minimum atomic E-state index is -0.172. The molecule has 1 aromatic rings. The Morgan fingerprint density at radius 1 is 1.14 bits per heavy atom. The summed E-state index contributed by atoms with van der Waals surface area (Å²) >= 11 is 0. The van der Waals surface area contributed by atoms with Crippen molar-refractivity contribution >= 4 is 11.6 Å². The zero-order chi connectivity index (χ0) is 15.1. The third-order valence-corrected chi connectivity index (χ3v) is 5.60. The molecule has 21 heavy (non-hydrogen) atoms. The third-order valence-electron chi connectivity index (χ3n) is 5.60. The number of benzene rings is 1. The lowest BCUT2D eigenvalue weighted by atomic mass is 9.57. The third kappa shape index (κ3) is 2.71. The van der Waals surface area contributed by atoms with Crippen molar-refractivity contribution in [3.05, 3.63) is 29.8 Å². The first-order valence-corrected chi connectivity index (χ1v) is 8.13. The van der Waals surface area contributed by atoms with E-state index in [2.05, 4.69) is 31.3 Å². The summed E-state index contributed by atoms with van der Waals surface area (Å²) in [5.74, 6) is 0.674. The molecule has 3 N–H and O–H groups in total. The van der Waals surface area contributed by atoms with Gasteiger partial charge in [-0.05, 0) is 62.1 Å². The maximum atomic E-state index is 12.8. The average Bonchev–Trinajstić information content (AvgIpc) is 2.48. The van der Waals surface area contributed by atoms with E-state index in [-0.39, 0.29) is 16.9 Å². The van der Waals surface area contributed by atoms with Gasteiger partial charge in [0.25, 0.3) is 0 Å². The average molecular weight is 286 g/mol. The maximum absolute atomic E-state index is 12.8. The second-order valence-electron chi connectivity index (χ2n) is 7.38. The fraction of sp³-hybridized carbons (Fsp3) is 0.611. The summed E-state index contributed by atoms with van der Waals surface area (Å²) in [6.45, 7) is 4.34. The number of anilines is 1. The standard InChI is InChI=1S/C18H26N2O/c1-13(2)14-4-3-5-15(12-14)20-16(21)17-6-9-18(19,10-7-17)11-8-17/h3-5,12-13H,6-11,19H2,1-2H3,(H,20,21). The van der Waals surface area contributed by atoms with Gasteiger partial charge in [-0.1, -0.05) is 26.0 Å². The van der Waals surface area contributed by atoms with Gasteiger partial charge >= 0.3 is 0 Å². The highest BCUT2D eigenvalue weighted by molar-refractivity contribution is 5.95. The number of hydrogen-bond acceptors (Lipinski definition) is 2. The highest BCUT2D eigenvalue weighted by Crippen LogP contribution is 2.51. The van der Waals surface area contributed by atoms with Gasteiger partial charge in [-0.2, -0.15) is 0 Å². The SMILES string of the molecule is CC(C)c1cccc(NC(=O)C23CCC(N)(CC2)CC3)c1. The van der Waals surface area contributed by atoms with Crippen LogP contribution in [0.3, 0.4) is 0 Å². The van der Waals surface area contributed by atoms with Gasteiger partial charge in [-0.15, -0.1) is 0 Å². The number of hydrogen-bond donors (Lipinski definition) is 2. The Morgan fingerprint density at radius 2 is 1.76 bits per heavy atom. The molecular formula is C18H26N2O. The summed E-state index contributed by atoms with van der Waals surface area (Å²) in [5, 5.41) is 3.16. The molecule has 3 heteroatoms. The molecule has 2 bridgehead atoms. The molecular weight excluding hydrogens is 260 g/mol. The van der Waals surface area contributed by atoms with Gasteiger partial charge in [0.1, 0.15) is 0 Å². The van der Waals surface area contributed by atoms with Crippen molar-refractivity contribution in [2.24, 2.45) is 11.1 Å². The first-order chi connectivity index (χ1) is 9.92. The number of nitrogens with two attached hydrogens (primary N) is 1. The Balaban J connectivity index is 1.73. The van der Waals surface area contributed by atoms with Crippen molar-refractivity contribution in [2.75, 3.05) is 5.32 Å². The van der Waals surface area contributed by atoms with E-state index < -0.39 is 0 Å². The van der Waals surface area contributed by atoms with Crippen LogP contribution in [0.4, 0.5) is 5.69 Å². The lowest BCUT2D eigenvalue weighted by molar-refractivity contribution is -0.131. The van der Waals surface area contributed by atoms with Gasteiger partial charge in [0.15, 0.2) is 0 Å². The minimum Gasteiger partial charge on any atom is -0.326 e. The summed E-state index contributed by atoms with van der Waals surface area (Å²) in [4.78, 5) is 12.8. The normalized spacial score (nSPS) is 31.4. The van der Waals surface area contributed by atoms with Crippen molar-refractivity contribution in [2.45, 2.75) is 63.8 Å². The zero-order valence-electron chi connectivity index (χ0n) is 13.1. The Kier molecular flexibility index (Phi) is 3.56. The van der Waals surface area contributed by atoms with E-state index >= 15 is 0 Å². The van der Waals surface area contributed by atoms with Gasteiger partial charge in [-0.3, -0.25) is 4.79 Å². The topological polar surface area (TPSA) is 55.1 Å². The van der Waals surface area contributed by atoms with Crippen LogP contribution in [-0.4, -0.2) is 11.4 Å². The molecule has 0 aromatic heterocycles. The van der Waals surface area contributed by atoms with E-state index in [0.29, 0.717) is 5.92 Å². The highest BCUT2D eigenvalue weighted by Gasteiger charge is 2.50. The summed E-state index contributed by atoms with van der Waals surface area (Å²) in [7, 11) is 0. The number of carbonyl (C=O) groups excluding carboxylic acids is 1. The number of amides is 1. The molecule has 4 rings (SSSR count). The molecule has 0 unspecified atom stereocenters. The second kappa shape index (κ2) is 5.13. The Morgan fingerprint density at radius 3 is 2.33 bits per heavy atom. The molecule has 1 amide bonds. The number of carbonyl (C=O) groups is 1. The van der Waals surface area contributed by atoms with E-state index in [0.717, 1.165) is 44.2 Å². The zero-order valence-corrected chi connectivity index (χ0v) is 13.1. The Hall–Kier alpha value is -1.35. The van der Waals surface area contributed by atoms with Crippen molar-refractivity contribution in [3.8, 4) is 0 Å². The monoisotopic (exact) mass is 286 g/mol. The molecule has 114 valence electrons. The van der Waals surface area contributed by atoms with Crippen LogP contribution in [0.15, 0.2) is 24.3 Å². The van der Waals surface area contributed by atoms with Crippen LogP contribution in [-0.2, 0) is 4.79 Å². The van der Waals surface area contributed by atoms with Crippen LogP contribution < -0.4 is 11.1 Å². The lowest BCUT2D eigenvalue weighted by Gasteiger charge is -2.50. The van der Waals surface area contributed by atoms with Crippen LogP contribution in [0, 0.1) is 5.41 Å². The molecule has 3 aliphatic rings. The predicted molar refractivity (Wildman–Crippen MR) is 86.2 cm³/mol. The molecule has 0 aliphatic heterocycles. The summed E-state index contributed by atoms with van der Waals surface area (Å²) < 4.78 is 0. The summed E-state index contributed by atoms with van der Waals surface area (Å²) in [5.41, 5.74) is 8.36. The molecule has 0 saturated heterocycles. The molecule has 0 radical (unpaired) electrons. The van der Waals surface area contributed by atoms with Gasteiger partial charge in [0, 0.05) is 16.6 Å². The first kappa shape index (κ1) is 14.6. The first-order valence-electron chi connectivity index (χ1n) is 8.13. The van der Waals surface area contributed by atoms with E-state index in [9.17, 15) is 4.79 Å². The van der Waals surface area contributed by atoms with Gasteiger partial charge < -0.3 is 11.1 Å². The minimum absolute atomic E-state index is 0.0135. The molecule has 3 nitrogen and oxygen atoms in total. The number of rotatable bonds is 3. The maximum Gasteiger partial charge on any atom is 0.230 e. The molecule has 3 fully saturated rings. The fourth-order valence-electron chi connectivity index (χ4n) is 3.79. The Labute approximate surface area is 127 Å². The van der Waals surface area contributed by atoms with Gasteiger partial charge in [-0.25, -0.2) is 0 Å². The van der Waals surface area contributed by atoms with Gasteiger partial charge in [0.05, 0.1) is 0 Å².